The smallest absolute Gasteiger partial charge is 0.0930 e. The minimum atomic E-state index is -0.162. The molecule has 82 valence electrons. The topological polar surface area (TPSA) is 27.0 Å². The van der Waals surface area contributed by atoms with Crippen molar-refractivity contribution in [3.05, 3.63) is 40.6 Å². The molecular weight excluding hydrogens is 220 g/mol. The molecule has 0 unspecified atom stereocenters. The van der Waals surface area contributed by atoms with Gasteiger partial charge in [0.05, 0.1) is 6.07 Å². The van der Waals surface area contributed by atoms with E-state index in [1.54, 1.807) is 6.08 Å². The SMILES string of the molecule is CN1C(=CC#N)C(C)(C)c2cc(Cl)ccc21. The van der Waals surface area contributed by atoms with Gasteiger partial charge in [-0.15, -0.1) is 0 Å². The number of rotatable bonds is 0. The molecule has 0 aromatic heterocycles. The van der Waals surface area contributed by atoms with Gasteiger partial charge in [0.1, 0.15) is 0 Å². The molecule has 1 aliphatic heterocycles. The molecule has 0 aliphatic carbocycles. The van der Waals surface area contributed by atoms with Crippen molar-refractivity contribution in [2.75, 3.05) is 11.9 Å². The molecule has 1 aromatic carbocycles. The number of benzene rings is 1. The van der Waals surface area contributed by atoms with Crippen LogP contribution in [0.5, 0.6) is 0 Å². The van der Waals surface area contributed by atoms with Crippen LogP contribution in [0.4, 0.5) is 5.69 Å². The minimum absolute atomic E-state index is 0.162. The zero-order valence-electron chi connectivity index (χ0n) is 9.58. The maximum absolute atomic E-state index is 8.83. The van der Waals surface area contributed by atoms with Crippen LogP contribution in [0.25, 0.3) is 0 Å². The van der Waals surface area contributed by atoms with Crippen molar-refractivity contribution in [3.63, 3.8) is 0 Å². The largest absolute Gasteiger partial charge is 0.346 e. The monoisotopic (exact) mass is 232 g/mol. The zero-order chi connectivity index (χ0) is 11.9. The van der Waals surface area contributed by atoms with Crippen molar-refractivity contribution in [2.45, 2.75) is 19.3 Å². The Kier molecular flexibility index (Phi) is 2.44. The fraction of sp³-hybridized carbons (Fsp3) is 0.308. The van der Waals surface area contributed by atoms with E-state index in [0.29, 0.717) is 0 Å². The van der Waals surface area contributed by atoms with Crippen molar-refractivity contribution in [3.8, 4) is 6.07 Å². The molecule has 0 spiro atoms. The van der Waals surface area contributed by atoms with E-state index in [9.17, 15) is 0 Å². The first-order valence-corrected chi connectivity index (χ1v) is 5.50. The lowest BCUT2D eigenvalue weighted by Crippen LogP contribution is -2.22. The number of likely N-dealkylation sites (N-methyl/N-ethyl adjacent to an activating group) is 1. The number of nitrogens with zero attached hydrogens (tertiary/aromatic N) is 2. The van der Waals surface area contributed by atoms with Crippen LogP contribution in [0.2, 0.25) is 5.02 Å². The number of halogens is 1. The normalized spacial score (nSPS) is 19.7. The molecular formula is C13H13ClN2. The number of hydrogen-bond donors (Lipinski definition) is 0. The fourth-order valence-electron chi connectivity index (χ4n) is 2.33. The zero-order valence-corrected chi connectivity index (χ0v) is 10.3. The first-order chi connectivity index (χ1) is 7.48. The number of nitriles is 1. The minimum Gasteiger partial charge on any atom is -0.346 e. The molecule has 0 amide bonds. The van der Waals surface area contributed by atoms with E-state index in [2.05, 4.69) is 24.8 Å². The molecule has 1 aromatic rings. The lowest BCUT2D eigenvalue weighted by atomic mass is 9.84. The van der Waals surface area contributed by atoms with E-state index in [1.165, 1.54) is 5.56 Å². The van der Waals surface area contributed by atoms with Gasteiger partial charge in [0, 0.05) is 34.9 Å². The van der Waals surface area contributed by atoms with Crippen LogP contribution in [0.15, 0.2) is 30.0 Å². The summed E-state index contributed by atoms with van der Waals surface area (Å²) in [7, 11) is 1.98. The van der Waals surface area contributed by atoms with Gasteiger partial charge in [-0.05, 0) is 23.8 Å². The number of hydrogen-bond acceptors (Lipinski definition) is 2. The van der Waals surface area contributed by atoms with Crippen LogP contribution in [0.3, 0.4) is 0 Å². The predicted molar refractivity (Wildman–Crippen MR) is 66.6 cm³/mol. The molecule has 0 bridgehead atoms. The van der Waals surface area contributed by atoms with Gasteiger partial charge in [0.25, 0.3) is 0 Å². The Morgan fingerprint density at radius 2 is 2.12 bits per heavy atom. The summed E-state index contributed by atoms with van der Waals surface area (Å²) in [6.07, 6.45) is 1.61. The summed E-state index contributed by atoms with van der Waals surface area (Å²) in [5.41, 5.74) is 3.14. The highest BCUT2D eigenvalue weighted by molar-refractivity contribution is 6.30. The summed E-state index contributed by atoms with van der Waals surface area (Å²) in [6, 6.07) is 7.96. The van der Waals surface area contributed by atoms with Gasteiger partial charge in [0.2, 0.25) is 0 Å². The predicted octanol–water partition coefficient (Wildman–Crippen LogP) is 3.47. The van der Waals surface area contributed by atoms with Gasteiger partial charge in [-0.3, -0.25) is 0 Å². The van der Waals surface area contributed by atoms with E-state index in [0.717, 1.165) is 16.4 Å². The molecule has 0 N–H and O–H groups in total. The highest BCUT2D eigenvalue weighted by Crippen LogP contribution is 2.47. The maximum Gasteiger partial charge on any atom is 0.0930 e. The van der Waals surface area contributed by atoms with Crippen molar-refractivity contribution in [2.24, 2.45) is 0 Å². The summed E-state index contributed by atoms with van der Waals surface area (Å²) < 4.78 is 0. The average molecular weight is 233 g/mol. The number of allylic oxidation sites excluding steroid dienone is 2. The van der Waals surface area contributed by atoms with Gasteiger partial charge in [-0.25, -0.2) is 0 Å². The molecule has 1 aliphatic rings. The van der Waals surface area contributed by atoms with E-state index in [1.807, 2.05) is 25.2 Å². The molecule has 2 nitrogen and oxygen atoms in total. The maximum atomic E-state index is 8.83. The highest BCUT2D eigenvalue weighted by Gasteiger charge is 2.38. The Hall–Kier alpha value is -1.46. The van der Waals surface area contributed by atoms with E-state index >= 15 is 0 Å². The summed E-state index contributed by atoms with van der Waals surface area (Å²) in [5, 5.41) is 9.57. The summed E-state index contributed by atoms with van der Waals surface area (Å²) in [5.74, 6) is 0. The van der Waals surface area contributed by atoms with Crippen molar-refractivity contribution in [1.82, 2.24) is 0 Å². The van der Waals surface area contributed by atoms with E-state index < -0.39 is 0 Å². The quantitative estimate of drug-likeness (QED) is 0.641. The van der Waals surface area contributed by atoms with Crippen molar-refractivity contribution in [1.29, 1.82) is 5.26 Å². The van der Waals surface area contributed by atoms with Crippen LogP contribution in [-0.4, -0.2) is 7.05 Å². The third-order valence-electron chi connectivity index (χ3n) is 3.20. The van der Waals surface area contributed by atoms with Gasteiger partial charge in [-0.1, -0.05) is 25.4 Å². The summed E-state index contributed by atoms with van der Waals surface area (Å²) in [4.78, 5) is 2.05. The Morgan fingerprint density at radius 3 is 2.75 bits per heavy atom. The Balaban J connectivity index is 2.68. The van der Waals surface area contributed by atoms with Gasteiger partial charge in [-0.2, -0.15) is 5.26 Å². The van der Waals surface area contributed by atoms with Crippen LogP contribution < -0.4 is 4.90 Å². The van der Waals surface area contributed by atoms with Crippen LogP contribution in [-0.2, 0) is 5.41 Å². The second-order valence-electron chi connectivity index (χ2n) is 4.50. The second kappa shape index (κ2) is 3.54. The number of fused-ring (bicyclic) bond motifs is 1. The van der Waals surface area contributed by atoms with Gasteiger partial charge < -0.3 is 4.90 Å². The Labute approximate surface area is 101 Å². The molecule has 0 saturated carbocycles. The van der Waals surface area contributed by atoms with E-state index in [-0.39, 0.29) is 5.41 Å². The van der Waals surface area contributed by atoms with Crippen LogP contribution in [0, 0.1) is 11.3 Å². The number of anilines is 1. The Bertz CT molecular complexity index is 509. The molecule has 0 radical (unpaired) electrons. The van der Waals surface area contributed by atoms with Crippen molar-refractivity contribution < 1.29 is 0 Å². The molecule has 16 heavy (non-hydrogen) atoms. The highest BCUT2D eigenvalue weighted by atomic mass is 35.5. The molecule has 3 heteroatoms. The van der Waals surface area contributed by atoms with Crippen LogP contribution >= 0.6 is 11.6 Å². The molecule has 0 atom stereocenters. The third-order valence-corrected chi connectivity index (χ3v) is 3.43. The molecule has 0 fully saturated rings. The standard InChI is InChI=1S/C13H13ClN2/c1-13(2)10-8-9(14)4-5-11(10)16(3)12(13)6-7-15/h4-6,8H,1-3H3. The molecule has 0 saturated heterocycles. The average Bonchev–Trinajstić information content (AvgIpc) is 2.40. The Morgan fingerprint density at radius 1 is 1.44 bits per heavy atom. The first kappa shape index (κ1) is 11.0. The van der Waals surface area contributed by atoms with Crippen LogP contribution in [0.1, 0.15) is 19.4 Å². The third kappa shape index (κ3) is 1.40. The lowest BCUT2D eigenvalue weighted by molar-refractivity contribution is 0.640. The van der Waals surface area contributed by atoms with Gasteiger partial charge in [0.15, 0.2) is 0 Å². The molecule has 1 heterocycles. The first-order valence-electron chi connectivity index (χ1n) is 5.12. The fourth-order valence-corrected chi connectivity index (χ4v) is 2.50. The summed E-state index contributed by atoms with van der Waals surface area (Å²) >= 11 is 6.02. The second-order valence-corrected chi connectivity index (χ2v) is 4.94. The summed E-state index contributed by atoms with van der Waals surface area (Å²) in [6.45, 7) is 4.21. The van der Waals surface area contributed by atoms with Crippen molar-refractivity contribution >= 4 is 17.3 Å². The molecule has 2 rings (SSSR count). The van der Waals surface area contributed by atoms with Gasteiger partial charge >= 0.3 is 0 Å². The van der Waals surface area contributed by atoms with E-state index in [4.69, 9.17) is 16.9 Å². The lowest BCUT2D eigenvalue weighted by Gasteiger charge is -2.22.